The van der Waals surface area contributed by atoms with Crippen LogP contribution < -0.4 is 10.1 Å². The zero-order valence-corrected chi connectivity index (χ0v) is 12.7. The molecule has 2 fully saturated rings. The quantitative estimate of drug-likeness (QED) is 0.667. The van der Waals surface area contributed by atoms with Gasteiger partial charge >= 0.3 is 5.97 Å². The van der Waals surface area contributed by atoms with E-state index >= 15 is 0 Å². The molecule has 0 spiro atoms. The van der Waals surface area contributed by atoms with Crippen molar-refractivity contribution in [3.63, 3.8) is 0 Å². The van der Waals surface area contributed by atoms with Gasteiger partial charge in [-0.1, -0.05) is 25.0 Å². The fourth-order valence-electron chi connectivity index (χ4n) is 3.08. The Morgan fingerprint density at radius 2 is 1.95 bits per heavy atom. The molecule has 1 aliphatic heterocycles. The average Bonchev–Trinajstić information content (AvgIpc) is 3.30. The van der Waals surface area contributed by atoms with Crippen molar-refractivity contribution in [1.29, 1.82) is 0 Å². The van der Waals surface area contributed by atoms with Gasteiger partial charge in [-0.25, -0.2) is 0 Å². The second-order valence-electron chi connectivity index (χ2n) is 6.14. The van der Waals surface area contributed by atoms with Crippen molar-refractivity contribution < 1.29 is 9.53 Å². The highest BCUT2D eigenvalue weighted by molar-refractivity contribution is 5.69. The smallest absolute Gasteiger partial charge is 0.308 e. The van der Waals surface area contributed by atoms with Crippen LogP contribution in [0.1, 0.15) is 37.8 Å². The van der Waals surface area contributed by atoms with E-state index in [1.54, 1.807) is 0 Å². The van der Waals surface area contributed by atoms with Crippen LogP contribution in [-0.4, -0.2) is 37.0 Å². The lowest BCUT2D eigenvalue weighted by atomic mass is 9.98. The van der Waals surface area contributed by atoms with Gasteiger partial charge in [-0.15, -0.1) is 0 Å². The zero-order chi connectivity index (χ0) is 14.7. The van der Waals surface area contributed by atoms with E-state index in [4.69, 9.17) is 4.74 Å². The Balaban J connectivity index is 1.73. The summed E-state index contributed by atoms with van der Waals surface area (Å²) < 4.78 is 5.13. The molecular formula is C17H24N2O2. The molecule has 0 unspecified atom stereocenters. The van der Waals surface area contributed by atoms with Gasteiger partial charge < -0.3 is 10.1 Å². The lowest BCUT2D eigenvalue weighted by Crippen LogP contribution is -2.45. The topological polar surface area (TPSA) is 41.6 Å². The molecule has 1 saturated heterocycles. The molecule has 1 heterocycles. The molecule has 1 atom stereocenters. The Morgan fingerprint density at radius 3 is 2.52 bits per heavy atom. The van der Waals surface area contributed by atoms with Crippen LogP contribution in [0.3, 0.4) is 0 Å². The standard InChI is InChI=1S/C17H24N2O2/c1-13(20)21-16-6-4-15(5-7-16)17(12-14-2-3-14)19-10-8-18-9-11-19/h4-7,14,17-18H,2-3,8-12H2,1H3/t17-/m1/s1. The SMILES string of the molecule is CC(=O)Oc1ccc([C@@H](CC2CC2)N2CCNCC2)cc1. The first-order valence-electron chi connectivity index (χ1n) is 7.95. The summed E-state index contributed by atoms with van der Waals surface area (Å²) in [5, 5.41) is 3.42. The van der Waals surface area contributed by atoms with Crippen LogP contribution >= 0.6 is 0 Å². The van der Waals surface area contributed by atoms with Crippen molar-refractivity contribution in [3.05, 3.63) is 29.8 Å². The number of benzene rings is 1. The third-order valence-electron chi connectivity index (χ3n) is 4.37. The van der Waals surface area contributed by atoms with Crippen LogP contribution in [0, 0.1) is 5.92 Å². The third kappa shape index (κ3) is 4.05. The highest BCUT2D eigenvalue weighted by Crippen LogP contribution is 2.40. The number of ether oxygens (including phenoxy) is 1. The summed E-state index contributed by atoms with van der Waals surface area (Å²) in [5.74, 6) is 1.27. The predicted molar refractivity (Wildman–Crippen MR) is 82.3 cm³/mol. The molecule has 0 aromatic heterocycles. The van der Waals surface area contributed by atoms with Crippen molar-refractivity contribution in [3.8, 4) is 5.75 Å². The number of carbonyl (C=O) groups is 1. The van der Waals surface area contributed by atoms with Crippen molar-refractivity contribution in [2.45, 2.75) is 32.2 Å². The van der Waals surface area contributed by atoms with Crippen molar-refractivity contribution in [2.75, 3.05) is 26.2 Å². The third-order valence-corrected chi connectivity index (χ3v) is 4.37. The van der Waals surface area contributed by atoms with Crippen LogP contribution in [0.4, 0.5) is 0 Å². The van der Waals surface area contributed by atoms with Gasteiger partial charge in [0.2, 0.25) is 0 Å². The van der Waals surface area contributed by atoms with E-state index in [2.05, 4.69) is 22.3 Å². The van der Waals surface area contributed by atoms with Gasteiger partial charge in [-0.3, -0.25) is 9.69 Å². The second kappa shape index (κ2) is 6.58. The average molecular weight is 288 g/mol. The molecule has 0 radical (unpaired) electrons. The number of esters is 1. The molecule has 3 rings (SSSR count). The molecule has 4 heteroatoms. The minimum absolute atomic E-state index is 0.264. The van der Waals surface area contributed by atoms with Crippen molar-refractivity contribution in [1.82, 2.24) is 10.2 Å². The van der Waals surface area contributed by atoms with E-state index < -0.39 is 0 Å². The van der Waals surface area contributed by atoms with Crippen LogP contribution in [0.5, 0.6) is 5.75 Å². The number of hydrogen-bond donors (Lipinski definition) is 1. The molecule has 1 N–H and O–H groups in total. The molecule has 1 saturated carbocycles. The Bertz CT molecular complexity index is 476. The number of rotatable bonds is 5. The van der Waals surface area contributed by atoms with E-state index in [1.807, 2.05) is 12.1 Å². The minimum Gasteiger partial charge on any atom is -0.427 e. The van der Waals surface area contributed by atoms with Crippen LogP contribution in [0.15, 0.2) is 24.3 Å². The largest absolute Gasteiger partial charge is 0.427 e. The Morgan fingerprint density at radius 1 is 1.29 bits per heavy atom. The van der Waals surface area contributed by atoms with Gasteiger partial charge in [-0.2, -0.15) is 0 Å². The summed E-state index contributed by atoms with van der Waals surface area (Å²) in [6, 6.07) is 8.57. The molecule has 114 valence electrons. The van der Waals surface area contributed by atoms with E-state index in [1.165, 1.54) is 31.7 Å². The second-order valence-corrected chi connectivity index (χ2v) is 6.14. The first-order chi connectivity index (χ1) is 10.2. The summed E-state index contributed by atoms with van der Waals surface area (Å²) in [6.07, 6.45) is 4.02. The molecule has 0 amide bonds. The van der Waals surface area contributed by atoms with E-state index in [-0.39, 0.29) is 5.97 Å². The molecule has 0 bridgehead atoms. The fourth-order valence-corrected chi connectivity index (χ4v) is 3.08. The highest BCUT2D eigenvalue weighted by atomic mass is 16.5. The van der Waals surface area contributed by atoms with Crippen LogP contribution in [0.25, 0.3) is 0 Å². The molecule has 21 heavy (non-hydrogen) atoms. The number of nitrogens with zero attached hydrogens (tertiary/aromatic N) is 1. The van der Waals surface area contributed by atoms with Gasteiger partial charge in [-0.05, 0) is 30.0 Å². The lowest BCUT2D eigenvalue weighted by Gasteiger charge is -2.35. The van der Waals surface area contributed by atoms with E-state index in [0.29, 0.717) is 11.8 Å². The van der Waals surface area contributed by atoms with E-state index in [9.17, 15) is 4.79 Å². The van der Waals surface area contributed by atoms with Crippen molar-refractivity contribution in [2.24, 2.45) is 5.92 Å². The van der Waals surface area contributed by atoms with Gasteiger partial charge in [0, 0.05) is 39.1 Å². The normalized spacial score (nSPS) is 21.0. The first kappa shape index (κ1) is 14.5. The number of carbonyl (C=O) groups excluding carboxylic acids is 1. The Kier molecular flexibility index (Phi) is 4.56. The number of piperazine rings is 1. The predicted octanol–water partition coefficient (Wildman–Crippen LogP) is 2.36. The summed E-state index contributed by atoms with van der Waals surface area (Å²) in [7, 11) is 0. The van der Waals surface area contributed by atoms with Gasteiger partial charge in [0.15, 0.2) is 0 Å². The summed E-state index contributed by atoms with van der Waals surface area (Å²) in [4.78, 5) is 13.6. The lowest BCUT2D eigenvalue weighted by molar-refractivity contribution is -0.131. The highest BCUT2D eigenvalue weighted by Gasteiger charge is 2.30. The summed E-state index contributed by atoms with van der Waals surface area (Å²) in [5.41, 5.74) is 1.35. The molecule has 2 aliphatic rings. The van der Waals surface area contributed by atoms with Gasteiger partial charge in [0.25, 0.3) is 0 Å². The fraction of sp³-hybridized carbons (Fsp3) is 0.588. The number of nitrogens with one attached hydrogen (secondary N) is 1. The Labute approximate surface area is 126 Å². The monoisotopic (exact) mass is 288 g/mol. The maximum atomic E-state index is 11.0. The van der Waals surface area contributed by atoms with Gasteiger partial charge in [0.1, 0.15) is 5.75 Å². The molecule has 1 aliphatic carbocycles. The van der Waals surface area contributed by atoms with Crippen LogP contribution in [0.2, 0.25) is 0 Å². The molecular weight excluding hydrogens is 264 g/mol. The van der Waals surface area contributed by atoms with Gasteiger partial charge in [0.05, 0.1) is 0 Å². The minimum atomic E-state index is -0.264. The Hall–Kier alpha value is -1.39. The zero-order valence-electron chi connectivity index (χ0n) is 12.7. The van der Waals surface area contributed by atoms with Crippen LogP contribution in [-0.2, 0) is 4.79 Å². The maximum Gasteiger partial charge on any atom is 0.308 e. The molecule has 4 nitrogen and oxygen atoms in total. The number of hydrogen-bond acceptors (Lipinski definition) is 4. The van der Waals surface area contributed by atoms with E-state index in [0.717, 1.165) is 32.1 Å². The first-order valence-corrected chi connectivity index (χ1v) is 7.95. The molecule has 1 aromatic rings. The van der Waals surface area contributed by atoms with Crippen molar-refractivity contribution >= 4 is 5.97 Å². The maximum absolute atomic E-state index is 11.0. The summed E-state index contributed by atoms with van der Waals surface area (Å²) >= 11 is 0. The molecule has 1 aromatic carbocycles. The summed E-state index contributed by atoms with van der Waals surface area (Å²) in [6.45, 7) is 5.82.